The van der Waals surface area contributed by atoms with E-state index in [9.17, 15) is 9.59 Å². The first-order chi connectivity index (χ1) is 14.2. The molecule has 29 heavy (non-hydrogen) atoms. The Labute approximate surface area is 175 Å². The van der Waals surface area contributed by atoms with Crippen LogP contribution in [0.1, 0.15) is 35.2 Å². The number of carbonyl (C=O) groups is 2. The molecule has 1 aliphatic rings. The van der Waals surface area contributed by atoms with Crippen LogP contribution in [0.4, 0.5) is 11.4 Å². The Kier molecular flexibility index (Phi) is 5.96. The molecule has 0 atom stereocenters. The van der Waals surface area contributed by atoms with Gasteiger partial charge in [-0.2, -0.15) is 0 Å². The largest absolute Gasteiger partial charge is 0.325 e. The third-order valence-corrected chi connectivity index (χ3v) is 5.79. The normalized spacial score (nSPS) is 13.9. The molecular weight excluding hydrogens is 380 g/mol. The van der Waals surface area contributed by atoms with Crippen LogP contribution < -0.4 is 9.62 Å². The molecule has 0 radical (unpaired) electrons. The Bertz CT molecular complexity index is 1000. The highest BCUT2D eigenvalue weighted by atomic mass is 32.2. The van der Waals surface area contributed by atoms with Gasteiger partial charge in [0.25, 0.3) is 0 Å². The first kappa shape index (κ1) is 19.3. The number of para-hydroxylation sites is 1. The number of amides is 1. The number of benzene rings is 3. The van der Waals surface area contributed by atoms with E-state index in [4.69, 9.17) is 0 Å². The SMILES string of the molecule is O=C(c1ccccc1)c1ccccc1NSc1ccc(N2CCCCC2=O)cc1. The number of ketones is 1. The van der Waals surface area contributed by atoms with Gasteiger partial charge in [0.05, 0.1) is 5.69 Å². The van der Waals surface area contributed by atoms with Gasteiger partial charge in [0.15, 0.2) is 5.78 Å². The van der Waals surface area contributed by atoms with Crippen LogP contribution in [0.15, 0.2) is 83.8 Å². The number of anilines is 2. The zero-order valence-electron chi connectivity index (χ0n) is 16.0. The minimum absolute atomic E-state index is 0.00624. The van der Waals surface area contributed by atoms with Crippen molar-refractivity contribution in [2.24, 2.45) is 0 Å². The summed E-state index contributed by atoms with van der Waals surface area (Å²) >= 11 is 1.45. The Morgan fingerprint density at radius 3 is 2.34 bits per heavy atom. The summed E-state index contributed by atoms with van der Waals surface area (Å²) in [5.74, 6) is 0.191. The molecule has 0 aliphatic carbocycles. The molecule has 1 fully saturated rings. The molecule has 1 heterocycles. The number of carbonyl (C=O) groups excluding carboxylic acids is 2. The molecule has 0 aromatic heterocycles. The number of hydrogen-bond donors (Lipinski definition) is 1. The molecule has 3 aromatic carbocycles. The van der Waals surface area contributed by atoms with Gasteiger partial charge in [0.2, 0.25) is 5.91 Å². The van der Waals surface area contributed by atoms with Gasteiger partial charge in [-0.05, 0) is 61.2 Å². The molecule has 5 heteroatoms. The maximum atomic E-state index is 12.8. The minimum atomic E-state index is -0.00624. The zero-order valence-corrected chi connectivity index (χ0v) is 16.8. The fourth-order valence-corrected chi connectivity index (χ4v) is 4.08. The monoisotopic (exact) mass is 402 g/mol. The third-order valence-electron chi connectivity index (χ3n) is 4.96. The van der Waals surface area contributed by atoms with Gasteiger partial charge in [0, 0.05) is 34.7 Å². The van der Waals surface area contributed by atoms with E-state index in [0.717, 1.165) is 35.7 Å². The molecule has 1 N–H and O–H groups in total. The summed E-state index contributed by atoms with van der Waals surface area (Å²) in [6.45, 7) is 0.790. The molecular formula is C24H22N2O2S. The number of piperidine rings is 1. The van der Waals surface area contributed by atoms with Crippen molar-refractivity contribution in [2.45, 2.75) is 24.2 Å². The van der Waals surface area contributed by atoms with Crippen LogP contribution in [-0.4, -0.2) is 18.2 Å². The average Bonchev–Trinajstić information content (AvgIpc) is 2.79. The number of hydrogen-bond acceptors (Lipinski definition) is 4. The molecule has 0 bridgehead atoms. The lowest BCUT2D eigenvalue weighted by atomic mass is 10.0. The fourth-order valence-electron chi connectivity index (χ4n) is 3.40. The summed E-state index contributed by atoms with van der Waals surface area (Å²) < 4.78 is 3.30. The van der Waals surface area contributed by atoms with E-state index >= 15 is 0 Å². The predicted molar refractivity (Wildman–Crippen MR) is 118 cm³/mol. The topological polar surface area (TPSA) is 49.4 Å². The Hall–Kier alpha value is -3.05. The molecule has 1 amide bonds. The second-order valence-corrected chi connectivity index (χ2v) is 7.82. The number of rotatable bonds is 6. The second kappa shape index (κ2) is 8.97. The number of nitrogens with one attached hydrogen (secondary N) is 1. The number of nitrogens with zero attached hydrogens (tertiary/aromatic N) is 1. The fraction of sp³-hybridized carbons (Fsp3) is 0.167. The Balaban J connectivity index is 1.46. The Morgan fingerprint density at radius 2 is 1.59 bits per heavy atom. The van der Waals surface area contributed by atoms with Crippen molar-refractivity contribution in [1.29, 1.82) is 0 Å². The Morgan fingerprint density at radius 1 is 0.862 bits per heavy atom. The molecule has 3 aromatic rings. The minimum Gasteiger partial charge on any atom is -0.325 e. The van der Waals surface area contributed by atoms with Gasteiger partial charge in [-0.1, -0.05) is 42.5 Å². The highest BCUT2D eigenvalue weighted by Crippen LogP contribution is 2.28. The van der Waals surface area contributed by atoms with Crippen molar-refractivity contribution in [3.05, 3.63) is 90.0 Å². The molecule has 4 rings (SSSR count). The van der Waals surface area contributed by atoms with Crippen molar-refractivity contribution >= 4 is 35.0 Å². The first-order valence-electron chi connectivity index (χ1n) is 9.74. The van der Waals surface area contributed by atoms with Crippen LogP contribution in [-0.2, 0) is 4.79 Å². The molecule has 0 spiro atoms. The average molecular weight is 403 g/mol. The van der Waals surface area contributed by atoms with E-state index in [2.05, 4.69) is 4.72 Å². The lowest BCUT2D eigenvalue weighted by molar-refractivity contribution is -0.119. The smallest absolute Gasteiger partial charge is 0.226 e. The van der Waals surface area contributed by atoms with E-state index < -0.39 is 0 Å². The summed E-state index contributed by atoms with van der Waals surface area (Å²) in [6, 6.07) is 24.8. The van der Waals surface area contributed by atoms with E-state index in [1.165, 1.54) is 11.9 Å². The summed E-state index contributed by atoms with van der Waals surface area (Å²) in [5.41, 5.74) is 3.03. The van der Waals surface area contributed by atoms with Crippen molar-refractivity contribution < 1.29 is 9.59 Å². The van der Waals surface area contributed by atoms with Crippen molar-refractivity contribution in [3.8, 4) is 0 Å². The van der Waals surface area contributed by atoms with E-state index in [1.807, 2.05) is 83.8 Å². The molecule has 1 aliphatic heterocycles. The zero-order chi connectivity index (χ0) is 20.1. The predicted octanol–water partition coefficient (Wildman–Crippen LogP) is 5.55. The summed E-state index contributed by atoms with van der Waals surface area (Å²) in [6.07, 6.45) is 2.66. The van der Waals surface area contributed by atoms with Gasteiger partial charge < -0.3 is 9.62 Å². The van der Waals surface area contributed by atoms with Crippen LogP contribution in [0.2, 0.25) is 0 Å². The molecule has 0 unspecified atom stereocenters. The van der Waals surface area contributed by atoms with E-state index in [1.54, 1.807) is 0 Å². The molecule has 1 saturated heterocycles. The summed E-state index contributed by atoms with van der Waals surface area (Å²) in [5, 5.41) is 0. The van der Waals surface area contributed by atoms with Gasteiger partial charge in [-0.25, -0.2) is 0 Å². The van der Waals surface area contributed by atoms with Crippen LogP contribution in [0.25, 0.3) is 0 Å². The summed E-state index contributed by atoms with van der Waals surface area (Å²) in [4.78, 5) is 27.8. The maximum Gasteiger partial charge on any atom is 0.226 e. The van der Waals surface area contributed by atoms with E-state index in [-0.39, 0.29) is 11.7 Å². The van der Waals surface area contributed by atoms with Gasteiger partial charge in [-0.15, -0.1) is 0 Å². The molecule has 4 nitrogen and oxygen atoms in total. The van der Waals surface area contributed by atoms with Gasteiger partial charge in [-0.3, -0.25) is 9.59 Å². The maximum absolute atomic E-state index is 12.8. The highest BCUT2D eigenvalue weighted by Gasteiger charge is 2.19. The van der Waals surface area contributed by atoms with Crippen molar-refractivity contribution in [2.75, 3.05) is 16.2 Å². The van der Waals surface area contributed by atoms with E-state index in [0.29, 0.717) is 17.5 Å². The van der Waals surface area contributed by atoms with Crippen LogP contribution in [0, 0.1) is 0 Å². The standard InChI is InChI=1S/C24H22N2O2S/c27-23-12-6-7-17-26(23)19-13-15-20(16-14-19)29-25-22-11-5-4-10-21(22)24(28)18-8-2-1-3-9-18/h1-5,8-11,13-16,25H,6-7,12,17H2. The first-order valence-corrected chi connectivity index (χ1v) is 10.6. The van der Waals surface area contributed by atoms with Crippen molar-refractivity contribution in [1.82, 2.24) is 0 Å². The van der Waals surface area contributed by atoms with Crippen LogP contribution >= 0.6 is 11.9 Å². The van der Waals surface area contributed by atoms with Crippen LogP contribution in [0.3, 0.4) is 0 Å². The molecule has 146 valence electrons. The highest BCUT2D eigenvalue weighted by molar-refractivity contribution is 8.00. The second-order valence-electron chi connectivity index (χ2n) is 6.94. The quantitative estimate of drug-likeness (QED) is 0.434. The lowest BCUT2D eigenvalue weighted by Gasteiger charge is -2.26. The molecule has 0 saturated carbocycles. The van der Waals surface area contributed by atoms with Gasteiger partial charge in [0.1, 0.15) is 0 Å². The summed E-state index contributed by atoms with van der Waals surface area (Å²) in [7, 11) is 0. The van der Waals surface area contributed by atoms with Crippen LogP contribution in [0.5, 0.6) is 0 Å². The van der Waals surface area contributed by atoms with Crippen molar-refractivity contribution in [3.63, 3.8) is 0 Å². The lowest BCUT2D eigenvalue weighted by Crippen LogP contribution is -2.35. The third kappa shape index (κ3) is 4.51. The van der Waals surface area contributed by atoms with Gasteiger partial charge >= 0.3 is 0 Å².